The molecule has 1 aromatic carbocycles. The van der Waals surface area contributed by atoms with Crippen LogP contribution in [0.4, 0.5) is 0 Å². The zero-order valence-corrected chi connectivity index (χ0v) is 16.1. The summed E-state index contributed by atoms with van der Waals surface area (Å²) in [5.41, 5.74) is 5.07. The Morgan fingerprint density at radius 2 is 1.84 bits per heavy atom. The molecule has 0 saturated carbocycles. The second-order valence-electron chi connectivity index (χ2n) is 5.70. The Labute approximate surface area is 155 Å². The minimum Gasteiger partial charge on any atom is -0.350 e. The van der Waals surface area contributed by atoms with E-state index in [1.807, 2.05) is 30.3 Å². The third-order valence-electron chi connectivity index (χ3n) is 4.20. The molecule has 0 N–H and O–H groups in total. The molecule has 6 heteroatoms. The number of thioether (sulfide) groups is 2. The van der Waals surface area contributed by atoms with E-state index in [2.05, 4.69) is 47.1 Å². The zero-order chi connectivity index (χ0) is 18.0. The van der Waals surface area contributed by atoms with Crippen LogP contribution in [0, 0.1) is 4.91 Å². The summed E-state index contributed by atoms with van der Waals surface area (Å²) < 4.78 is 2.02. The molecule has 0 atom stereocenters. The van der Waals surface area contributed by atoms with Crippen LogP contribution < -0.4 is 0 Å². The first-order valence-corrected chi connectivity index (χ1v) is 10.2. The van der Waals surface area contributed by atoms with E-state index in [-0.39, 0.29) is 6.54 Å². The smallest absolute Gasteiger partial charge is 0.108 e. The van der Waals surface area contributed by atoms with Crippen LogP contribution in [-0.2, 0) is 13.6 Å². The number of nitrogens with zero attached hydrogens (tertiary/aromatic N) is 3. The first-order valence-electron chi connectivity index (χ1n) is 7.74. The van der Waals surface area contributed by atoms with Crippen molar-refractivity contribution in [2.45, 2.75) is 16.6 Å². The highest BCUT2D eigenvalue weighted by Crippen LogP contribution is 2.31. The van der Waals surface area contributed by atoms with Gasteiger partial charge in [-0.1, -0.05) is 17.8 Å². The predicted molar refractivity (Wildman–Crippen MR) is 108 cm³/mol. The van der Waals surface area contributed by atoms with Crippen LogP contribution in [0.15, 0.2) is 58.3 Å². The predicted octanol–water partition coefficient (Wildman–Crippen LogP) is 5.35. The summed E-state index contributed by atoms with van der Waals surface area (Å²) in [5, 5.41) is 6.06. The molecule has 0 aliphatic rings. The van der Waals surface area contributed by atoms with E-state index in [0.717, 1.165) is 43.2 Å². The van der Waals surface area contributed by atoms with Gasteiger partial charge in [0.1, 0.15) is 6.54 Å². The van der Waals surface area contributed by atoms with Crippen molar-refractivity contribution in [3.8, 4) is 0 Å². The molecule has 0 spiro atoms. The summed E-state index contributed by atoms with van der Waals surface area (Å²) in [7, 11) is 1.98. The van der Waals surface area contributed by atoms with E-state index in [1.165, 1.54) is 0 Å². The summed E-state index contributed by atoms with van der Waals surface area (Å²) in [5.74, 6) is 0. The average molecular weight is 370 g/mol. The van der Waals surface area contributed by atoms with Gasteiger partial charge in [-0.15, -0.1) is 23.5 Å². The Balaban J connectivity index is 2.08. The fourth-order valence-corrected chi connectivity index (χ4v) is 3.81. The molecule has 3 aromatic rings. The molecule has 0 saturated heterocycles. The lowest BCUT2D eigenvalue weighted by atomic mass is 9.98. The molecule has 2 heterocycles. The maximum Gasteiger partial charge on any atom is 0.108 e. The van der Waals surface area contributed by atoms with Gasteiger partial charge in [0, 0.05) is 29.7 Å². The SMILES string of the molecule is C=C(c1cc(SC)nc(SC)c1)c1ccc2c(c1)c(CN=O)cn2C. The minimum atomic E-state index is 0.176. The van der Waals surface area contributed by atoms with E-state index >= 15 is 0 Å². The van der Waals surface area contributed by atoms with E-state index < -0.39 is 0 Å². The van der Waals surface area contributed by atoms with Gasteiger partial charge >= 0.3 is 0 Å². The Bertz CT molecular complexity index is 940. The van der Waals surface area contributed by atoms with Crippen molar-refractivity contribution in [2.75, 3.05) is 12.5 Å². The fourth-order valence-electron chi connectivity index (χ4n) is 2.89. The van der Waals surface area contributed by atoms with E-state index in [9.17, 15) is 4.91 Å². The van der Waals surface area contributed by atoms with Gasteiger partial charge in [-0.2, -0.15) is 4.91 Å². The average Bonchev–Trinajstić information content (AvgIpc) is 2.96. The number of hydrogen-bond acceptors (Lipinski definition) is 5. The third kappa shape index (κ3) is 3.50. The molecule has 0 bridgehead atoms. The Morgan fingerprint density at radius 1 is 1.16 bits per heavy atom. The lowest BCUT2D eigenvalue weighted by Gasteiger charge is -2.10. The molecule has 25 heavy (non-hydrogen) atoms. The Morgan fingerprint density at radius 3 is 2.44 bits per heavy atom. The minimum absolute atomic E-state index is 0.176. The van der Waals surface area contributed by atoms with E-state index in [0.29, 0.717) is 0 Å². The van der Waals surface area contributed by atoms with E-state index in [1.54, 1.807) is 23.5 Å². The topological polar surface area (TPSA) is 47.2 Å². The van der Waals surface area contributed by atoms with Crippen molar-refractivity contribution in [1.29, 1.82) is 0 Å². The van der Waals surface area contributed by atoms with Crippen molar-refractivity contribution < 1.29 is 0 Å². The van der Waals surface area contributed by atoms with Gasteiger partial charge in [0.05, 0.1) is 10.1 Å². The summed E-state index contributed by atoms with van der Waals surface area (Å²) in [4.78, 5) is 15.3. The number of hydrogen-bond donors (Lipinski definition) is 0. The van der Waals surface area contributed by atoms with Crippen LogP contribution in [0.1, 0.15) is 16.7 Å². The van der Waals surface area contributed by atoms with E-state index in [4.69, 9.17) is 0 Å². The van der Waals surface area contributed by atoms with Crippen LogP contribution in [-0.4, -0.2) is 22.1 Å². The van der Waals surface area contributed by atoms with Crippen molar-refractivity contribution in [3.63, 3.8) is 0 Å². The molecule has 128 valence electrons. The highest BCUT2D eigenvalue weighted by atomic mass is 32.2. The molecule has 2 aromatic heterocycles. The molecule has 4 nitrogen and oxygen atoms in total. The number of aromatic nitrogens is 2. The lowest BCUT2D eigenvalue weighted by molar-refractivity contribution is 0.947. The van der Waals surface area contributed by atoms with Crippen molar-refractivity contribution in [2.24, 2.45) is 12.2 Å². The number of nitroso groups, excluding NO2 is 1. The maximum atomic E-state index is 10.7. The lowest BCUT2D eigenvalue weighted by Crippen LogP contribution is -1.92. The highest BCUT2D eigenvalue weighted by Gasteiger charge is 2.11. The largest absolute Gasteiger partial charge is 0.350 e. The van der Waals surface area contributed by atoms with Gasteiger partial charge in [-0.25, -0.2) is 4.98 Å². The van der Waals surface area contributed by atoms with Crippen LogP contribution in [0.25, 0.3) is 16.5 Å². The van der Waals surface area contributed by atoms with Crippen LogP contribution in [0.3, 0.4) is 0 Å². The molecular weight excluding hydrogens is 350 g/mol. The second kappa shape index (κ2) is 7.45. The zero-order valence-electron chi connectivity index (χ0n) is 14.4. The first-order chi connectivity index (χ1) is 12.1. The summed E-state index contributed by atoms with van der Waals surface area (Å²) >= 11 is 3.25. The third-order valence-corrected chi connectivity index (χ3v) is 5.46. The molecular formula is C19H19N3OS2. The molecule has 0 amide bonds. The molecule has 0 aliphatic carbocycles. The van der Waals surface area contributed by atoms with Crippen LogP contribution in [0.2, 0.25) is 0 Å². The van der Waals surface area contributed by atoms with Crippen molar-refractivity contribution in [3.05, 3.63) is 64.7 Å². The molecule has 0 radical (unpaired) electrons. The number of aryl methyl sites for hydroxylation is 1. The Kier molecular flexibility index (Phi) is 5.30. The summed E-state index contributed by atoms with van der Waals surface area (Å²) in [6.07, 6.45) is 6.00. The summed E-state index contributed by atoms with van der Waals surface area (Å²) in [6, 6.07) is 10.4. The number of benzene rings is 1. The fraction of sp³-hybridized carbons (Fsp3) is 0.211. The van der Waals surface area contributed by atoms with Gasteiger partial charge in [0.2, 0.25) is 0 Å². The molecule has 0 fully saturated rings. The molecule has 0 aliphatic heterocycles. The van der Waals surface area contributed by atoms with Gasteiger partial charge < -0.3 is 4.57 Å². The standard InChI is InChI=1S/C19H19N3OS2/c1-12(14-8-18(24-3)21-19(9-14)25-4)13-5-6-17-16(7-13)15(10-20-23)11-22(17)2/h5-9,11H,1,10H2,2-4H3. The number of pyridine rings is 1. The monoisotopic (exact) mass is 369 g/mol. The van der Waals surface area contributed by atoms with Gasteiger partial charge in [-0.3, -0.25) is 0 Å². The van der Waals surface area contributed by atoms with Crippen molar-refractivity contribution >= 4 is 40.0 Å². The van der Waals surface area contributed by atoms with Crippen LogP contribution in [0.5, 0.6) is 0 Å². The highest BCUT2D eigenvalue weighted by molar-refractivity contribution is 7.99. The summed E-state index contributed by atoms with van der Waals surface area (Å²) in [6.45, 7) is 4.47. The molecule has 3 rings (SSSR count). The van der Waals surface area contributed by atoms with Gasteiger partial charge in [-0.05, 0) is 53.5 Å². The quantitative estimate of drug-likeness (QED) is 0.434. The van der Waals surface area contributed by atoms with Crippen molar-refractivity contribution in [1.82, 2.24) is 9.55 Å². The number of rotatable bonds is 6. The molecule has 0 unspecified atom stereocenters. The normalized spacial score (nSPS) is 11.0. The Hall–Kier alpha value is -2.05. The number of fused-ring (bicyclic) bond motifs is 1. The van der Waals surface area contributed by atoms with Gasteiger partial charge in [0.25, 0.3) is 0 Å². The van der Waals surface area contributed by atoms with Gasteiger partial charge in [0.15, 0.2) is 0 Å². The van der Waals surface area contributed by atoms with Crippen LogP contribution >= 0.6 is 23.5 Å². The second-order valence-corrected chi connectivity index (χ2v) is 7.36. The first kappa shape index (κ1) is 17.8. The maximum absolute atomic E-state index is 10.7.